The average Bonchev–Trinajstić information content (AvgIpc) is 2.89. The molecule has 2 aliphatic heterocycles. The molecule has 0 aliphatic carbocycles. The van der Waals surface area contributed by atoms with Crippen LogP contribution in [0, 0.1) is 17.0 Å². The van der Waals surface area contributed by atoms with Crippen molar-refractivity contribution in [1.82, 2.24) is 4.90 Å². The van der Waals surface area contributed by atoms with Gasteiger partial charge in [0.2, 0.25) is 11.8 Å². The molecule has 98 valence electrons. The molecule has 18 heavy (non-hydrogen) atoms. The summed E-state index contributed by atoms with van der Waals surface area (Å²) in [5.74, 6) is 5.57. The number of quaternary nitrogens is 1. The largest absolute Gasteiger partial charge is 0.632 e. The van der Waals surface area contributed by atoms with E-state index in [-0.39, 0.29) is 16.5 Å². The summed E-state index contributed by atoms with van der Waals surface area (Å²) in [7, 11) is 0. The van der Waals surface area contributed by atoms with Crippen molar-refractivity contribution in [3.05, 3.63) is 5.21 Å². The fraction of sp³-hybridized carbons (Fsp3) is 0.692. The van der Waals surface area contributed by atoms with E-state index in [1.165, 1.54) is 4.90 Å². The Morgan fingerprint density at radius 3 is 2.33 bits per heavy atom. The number of nitrogens with zero attached hydrogens (tertiary/aromatic N) is 2. The first-order valence-corrected chi connectivity index (χ1v) is 6.47. The van der Waals surface area contributed by atoms with E-state index in [1.807, 2.05) is 0 Å². The predicted molar refractivity (Wildman–Crippen MR) is 65.8 cm³/mol. The summed E-state index contributed by atoms with van der Waals surface area (Å²) in [6, 6.07) is 0. The molecule has 2 saturated heterocycles. The Labute approximate surface area is 107 Å². The van der Waals surface area contributed by atoms with E-state index in [9.17, 15) is 14.8 Å². The number of hydrogen-bond donors (Lipinski definition) is 0. The molecule has 2 aliphatic rings. The lowest BCUT2D eigenvalue weighted by Gasteiger charge is -2.36. The lowest BCUT2D eigenvalue weighted by atomic mass is 10.3. The van der Waals surface area contributed by atoms with Crippen LogP contribution in [0.4, 0.5) is 0 Å². The van der Waals surface area contributed by atoms with Gasteiger partial charge in [0.25, 0.3) is 0 Å². The number of imide groups is 1. The number of hydroxylamine groups is 3. The smallest absolute Gasteiger partial charge is 0.229 e. The van der Waals surface area contributed by atoms with Crippen molar-refractivity contribution >= 4 is 11.8 Å². The molecule has 0 unspecified atom stereocenters. The van der Waals surface area contributed by atoms with Gasteiger partial charge in [-0.3, -0.25) is 14.5 Å². The van der Waals surface area contributed by atoms with Crippen LogP contribution < -0.4 is 0 Å². The summed E-state index contributed by atoms with van der Waals surface area (Å²) in [6.07, 6.45) is 3.10. The van der Waals surface area contributed by atoms with E-state index in [1.54, 1.807) is 0 Å². The van der Waals surface area contributed by atoms with Crippen LogP contribution in [0.1, 0.15) is 32.1 Å². The molecule has 0 radical (unpaired) electrons. The fourth-order valence-electron chi connectivity index (χ4n) is 2.40. The van der Waals surface area contributed by atoms with Crippen LogP contribution in [0.2, 0.25) is 0 Å². The normalized spacial score (nSPS) is 22.2. The predicted octanol–water partition coefficient (Wildman–Crippen LogP) is 0.637. The standard InChI is InChI=1S/C13H18N2O3/c16-12-6-7-13(17)14(12)8-2-1-3-9-15(18)10-4-5-11-15/h2,4-11H2. The number of rotatable bonds is 3. The summed E-state index contributed by atoms with van der Waals surface area (Å²) in [6.45, 7) is 2.03. The van der Waals surface area contributed by atoms with Crippen molar-refractivity contribution in [3.8, 4) is 11.8 Å². The molecule has 2 fully saturated rings. The van der Waals surface area contributed by atoms with Crippen molar-refractivity contribution in [2.75, 3.05) is 26.2 Å². The first kappa shape index (κ1) is 13.1. The van der Waals surface area contributed by atoms with Crippen LogP contribution >= 0.6 is 0 Å². The molecule has 5 nitrogen and oxygen atoms in total. The van der Waals surface area contributed by atoms with E-state index in [0.717, 1.165) is 12.8 Å². The summed E-state index contributed by atoms with van der Waals surface area (Å²) in [5.41, 5.74) is 0. The molecule has 0 aromatic rings. The Morgan fingerprint density at radius 1 is 1.11 bits per heavy atom. The van der Waals surface area contributed by atoms with Gasteiger partial charge in [0.15, 0.2) is 0 Å². The molecule has 0 atom stereocenters. The molecule has 0 spiro atoms. The zero-order valence-electron chi connectivity index (χ0n) is 10.5. The first-order chi connectivity index (χ1) is 8.61. The fourth-order valence-corrected chi connectivity index (χ4v) is 2.40. The highest BCUT2D eigenvalue weighted by molar-refractivity contribution is 6.01. The van der Waals surface area contributed by atoms with E-state index in [2.05, 4.69) is 11.8 Å². The number of amides is 2. The molecule has 0 aromatic carbocycles. The van der Waals surface area contributed by atoms with Crippen LogP contribution in [0.5, 0.6) is 0 Å². The molecule has 0 saturated carbocycles. The van der Waals surface area contributed by atoms with E-state index >= 15 is 0 Å². The minimum Gasteiger partial charge on any atom is -0.632 e. The zero-order chi connectivity index (χ0) is 13.0. The maximum atomic E-state index is 11.9. The Balaban J connectivity index is 1.72. The molecule has 5 heteroatoms. The van der Waals surface area contributed by atoms with Crippen molar-refractivity contribution in [2.24, 2.45) is 0 Å². The maximum Gasteiger partial charge on any atom is 0.229 e. The summed E-state index contributed by atoms with van der Waals surface area (Å²) < 4.78 is -0.200. The Morgan fingerprint density at radius 2 is 1.72 bits per heavy atom. The third kappa shape index (κ3) is 3.09. The van der Waals surface area contributed by atoms with Crippen LogP contribution in [-0.2, 0) is 9.59 Å². The number of carbonyl (C=O) groups is 2. The van der Waals surface area contributed by atoms with Gasteiger partial charge in [-0.1, -0.05) is 5.92 Å². The highest BCUT2D eigenvalue weighted by Crippen LogP contribution is 2.16. The van der Waals surface area contributed by atoms with Crippen molar-refractivity contribution in [3.63, 3.8) is 0 Å². The second-order valence-corrected chi connectivity index (χ2v) is 4.91. The molecular weight excluding hydrogens is 232 g/mol. The monoisotopic (exact) mass is 250 g/mol. The van der Waals surface area contributed by atoms with Gasteiger partial charge in [-0.05, 0) is 5.92 Å². The van der Waals surface area contributed by atoms with Gasteiger partial charge in [0.05, 0.1) is 13.1 Å². The number of carbonyl (C=O) groups excluding carboxylic acids is 2. The molecule has 2 amide bonds. The summed E-state index contributed by atoms with van der Waals surface area (Å²) >= 11 is 0. The van der Waals surface area contributed by atoms with E-state index < -0.39 is 0 Å². The van der Waals surface area contributed by atoms with Crippen molar-refractivity contribution in [1.29, 1.82) is 0 Å². The topological polar surface area (TPSA) is 60.4 Å². The molecule has 0 bridgehead atoms. The second kappa shape index (κ2) is 5.51. The van der Waals surface area contributed by atoms with Crippen LogP contribution in [0.25, 0.3) is 0 Å². The number of likely N-dealkylation sites (tertiary alicyclic amines) is 2. The van der Waals surface area contributed by atoms with Crippen molar-refractivity contribution in [2.45, 2.75) is 32.1 Å². The molecule has 2 rings (SSSR count). The first-order valence-electron chi connectivity index (χ1n) is 6.47. The molecule has 0 aromatic heterocycles. The van der Waals surface area contributed by atoms with Gasteiger partial charge in [-0.15, -0.1) is 0 Å². The van der Waals surface area contributed by atoms with Crippen LogP contribution in [0.3, 0.4) is 0 Å². The summed E-state index contributed by atoms with van der Waals surface area (Å²) in [4.78, 5) is 23.9. The minimum absolute atomic E-state index is 0.103. The van der Waals surface area contributed by atoms with Gasteiger partial charge in [-0.25, -0.2) is 0 Å². The SMILES string of the molecule is O=C1CCC(=O)N1CCC#CC[N+]1([O-])CCCC1. The molecular formula is C13H18N2O3. The average molecular weight is 250 g/mol. The highest BCUT2D eigenvalue weighted by atomic mass is 16.5. The Hall–Kier alpha value is -1.38. The molecule has 2 heterocycles. The second-order valence-electron chi connectivity index (χ2n) is 4.91. The van der Waals surface area contributed by atoms with Gasteiger partial charge < -0.3 is 9.85 Å². The Bertz CT molecular complexity index is 386. The van der Waals surface area contributed by atoms with Crippen LogP contribution in [-0.4, -0.2) is 47.5 Å². The van der Waals surface area contributed by atoms with Gasteiger partial charge >= 0.3 is 0 Å². The highest BCUT2D eigenvalue weighted by Gasteiger charge is 2.27. The lowest BCUT2D eigenvalue weighted by Crippen LogP contribution is -2.38. The maximum absolute atomic E-state index is 11.9. The Kier molecular flexibility index (Phi) is 4.00. The number of hydrogen-bond acceptors (Lipinski definition) is 3. The van der Waals surface area contributed by atoms with E-state index in [4.69, 9.17) is 0 Å². The van der Waals surface area contributed by atoms with Crippen LogP contribution in [0.15, 0.2) is 0 Å². The zero-order valence-corrected chi connectivity index (χ0v) is 10.5. The van der Waals surface area contributed by atoms with Gasteiger partial charge in [0.1, 0.15) is 6.54 Å². The van der Waals surface area contributed by atoms with E-state index in [0.29, 0.717) is 45.4 Å². The quantitative estimate of drug-likeness (QED) is 0.319. The van der Waals surface area contributed by atoms with Crippen molar-refractivity contribution < 1.29 is 14.2 Å². The third-order valence-corrected chi connectivity index (χ3v) is 3.49. The molecule has 0 N–H and O–H groups in total. The van der Waals surface area contributed by atoms with Gasteiger partial charge in [-0.2, -0.15) is 0 Å². The summed E-state index contributed by atoms with van der Waals surface area (Å²) in [5, 5.41) is 11.9. The lowest BCUT2D eigenvalue weighted by molar-refractivity contribution is -0.860. The van der Waals surface area contributed by atoms with Gasteiger partial charge in [0, 0.05) is 38.6 Å². The third-order valence-electron chi connectivity index (χ3n) is 3.49. The minimum atomic E-state index is -0.200.